The summed E-state index contributed by atoms with van der Waals surface area (Å²) in [5.74, 6) is -0.149. The molecule has 0 amide bonds. The normalized spacial score (nSPS) is 19.7. The van der Waals surface area contributed by atoms with Crippen LogP contribution in [0.1, 0.15) is 24.5 Å². The van der Waals surface area contributed by atoms with Crippen LogP contribution in [0.15, 0.2) is 24.3 Å². The van der Waals surface area contributed by atoms with Crippen LogP contribution in [-0.4, -0.2) is 24.2 Å². The molecule has 1 aromatic rings. The van der Waals surface area contributed by atoms with Gasteiger partial charge in [-0.25, -0.2) is 4.79 Å². The molecular weight excluding hydrogens is 226 g/mol. The van der Waals surface area contributed by atoms with Gasteiger partial charge in [0, 0.05) is 24.9 Å². The number of benzene rings is 1. The summed E-state index contributed by atoms with van der Waals surface area (Å²) in [5.41, 5.74) is 3.32. The number of aryl methyl sites for hydroxylation is 1. The Hall–Kier alpha value is -1.77. The maximum absolute atomic E-state index is 10.5. The molecule has 1 heterocycles. The maximum Gasteiger partial charge on any atom is 0.328 e. The van der Waals surface area contributed by atoms with Gasteiger partial charge in [-0.15, -0.1) is 0 Å². The SMILES string of the molecule is Cc1cc(N2CCC(C)C2)ccc1C=CC(=O)O. The molecule has 1 N–H and O–H groups in total. The number of carbonyl (C=O) groups is 1. The maximum atomic E-state index is 10.5. The highest BCUT2D eigenvalue weighted by Gasteiger charge is 2.18. The van der Waals surface area contributed by atoms with Crippen molar-refractivity contribution in [1.29, 1.82) is 0 Å². The van der Waals surface area contributed by atoms with E-state index in [0.29, 0.717) is 0 Å². The van der Waals surface area contributed by atoms with Crippen molar-refractivity contribution in [3.8, 4) is 0 Å². The van der Waals surface area contributed by atoms with E-state index >= 15 is 0 Å². The van der Waals surface area contributed by atoms with E-state index in [0.717, 1.165) is 30.1 Å². The van der Waals surface area contributed by atoms with Crippen molar-refractivity contribution in [1.82, 2.24) is 0 Å². The first-order valence-electron chi connectivity index (χ1n) is 6.33. The van der Waals surface area contributed by atoms with Crippen LogP contribution in [0, 0.1) is 12.8 Å². The fourth-order valence-electron chi connectivity index (χ4n) is 2.37. The highest BCUT2D eigenvalue weighted by atomic mass is 16.4. The monoisotopic (exact) mass is 245 g/mol. The molecule has 1 unspecified atom stereocenters. The van der Waals surface area contributed by atoms with E-state index in [2.05, 4.69) is 24.0 Å². The lowest BCUT2D eigenvalue weighted by Gasteiger charge is -2.19. The summed E-state index contributed by atoms with van der Waals surface area (Å²) < 4.78 is 0. The summed E-state index contributed by atoms with van der Waals surface area (Å²) in [6.45, 7) is 6.52. The highest BCUT2D eigenvalue weighted by Crippen LogP contribution is 2.25. The average molecular weight is 245 g/mol. The molecule has 0 radical (unpaired) electrons. The van der Waals surface area contributed by atoms with Crippen LogP contribution in [0.25, 0.3) is 6.08 Å². The second kappa shape index (κ2) is 5.25. The van der Waals surface area contributed by atoms with Crippen molar-refractivity contribution in [2.75, 3.05) is 18.0 Å². The highest BCUT2D eigenvalue weighted by molar-refractivity contribution is 5.85. The van der Waals surface area contributed by atoms with Gasteiger partial charge < -0.3 is 10.0 Å². The Bertz CT molecular complexity index is 479. The molecule has 96 valence electrons. The molecule has 0 aromatic heterocycles. The fraction of sp³-hybridized carbons (Fsp3) is 0.400. The summed E-state index contributed by atoms with van der Waals surface area (Å²) >= 11 is 0. The van der Waals surface area contributed by atoms with Gasteiger partial charge >= 0.3 is 5.97 Å². The second-order valence-electron chi connectivity index (χ2n) is 5.05. The van der Waals surface area contributed by atoms with Crippen molar-refractivity contribution in [3.63, 3.8) is 0 Å². The number of rotatable bonds is 3. The third kappa shape index (κ3) is 2.92. The van der Waals surface area contributed by atoms with E-state index in [1.807, 2.05) is 13.0 Å². The van der Waals surface area contributed by atoms with Gasteiger partial charge in [0.1, 0.15) is 0 Å². The van der Waals surface area contributed by atoms with Crippen LogP contribution >= 0.6 is 0 Å². The molecule has 3 nitrogen and oxygen atoms in total. The molecule has 1 aliphatic rings. The molecular formula is C15H19NO2. The first kappa shape index (κ1) is 12.7. The topological polar surface area (TPSA) is 40.5 Å². The van der Waals surface area contributed by atoms with E-state index in [9.17, 15) is 4.79 Å². The van der Waals surface area contributed by atoms with Crippen molar-refractivity contribution in [3.05, 3.63) is 35.4 Å². The molecule has 1 atom stereocenters. The molecule has 18 heavy (non-hydrogen) atoms. The molecule has 2 rings (SSSR count). The molecule has 1 fully saturated rings. The van der Waals surface area contributed by atoms with Gasteiger partial charge in [-0.1, -0.05) is 13.0 Å². The van der Waals surface area contributed by atoms with Crippen LogP contribution in [0.3, 0.4) is 0 Å². The zero-order chi connectivity index (χ0) is 13.1. The minimum Gasteiger partial charge on any atom is -0.478 e. The third-order valence-corrected chi connectivity index (χ3v) is 3.45. The van der Waals surface area contributed by atoms with Crippen molar-refractivity contribution in [2.45, 2.75) is 20.3 Å². The summed E-state index contributed by atoms with van der Waals surface area (Å²) in [5, 5.41) is 8.63. The van der Waals surface area contributed by atoms with E-state index in [1.54, 1.807) is 6.08 Å². The van der Waals surface area contributed by atoms with Crippen LogP contribution in [0.2, 0.25) is 0 Å². The Morgan fingerprint density at radius 3 is 2.83 bits per heavy atom. The van der Waals surface area contributed by atoms with Crippen LogP contribution in [-0.2, 0) is 4.79 Å². The van der Waals surface area contributed by atoms with Gasteiger partial charge in [0.2, 0.25) is 0 Å². The number of hydrogen-bond donors (Lipinski definition) is 1. The van der Waals surface area contributed by atoms with Gasteiger partial charge in [-0.2, -0.15) is 0 Å². The standard InChI is InChI=1S/C15H19NO2/c1-11-7-8-16(10-11)14-5-3-13(12(2)9-14)4-6-15(17)18/h3-6,9,11H,7-8,10H2,1-2H3,(H,17,18). The lowest BCUT2D eigenvalue weighted by molar-refractivity contribution is -0.131. The molecule has 0 bridgehead atoms. The lowest BCUT2D eigenvalue weighted by atomic mass is 10.1. The number of carboxylic acids is 1. The number of carboxylic acid groups (broad SMARTS) is 1. The summed E-state index contributed by atoms with van der Waals surface area (Å²) in [4.78, 5) is 12.9. The minimum absolute atomic E-state index is 0.761. The van der Waals surface area contributed by atoms with Gasteiger partial charge in [0.25, 0.3) is 0 Å². The summed E-state index contributed by atoms with van der Waals surface area (Å²) in [6, 6.07) is 6.21. The zero-order valence-corrected chi connectivity index (χ0v) is 10.9. The predicted octanol–water partition coefficient (Wildman–Crippen LogP) is 2.94. The van der Waals surface area contributed by atoms with Crippen molar-refractivity contribution < 1.29 is 9.90 Å². The predicted molar refractivity (Wildman–Crippen MR) is 73.8 cm³/mol. The molecule has 1 aromatic carbocycles. The van der Waals surface area contributed by atoms with E-state index < -0.39 is 5.97 Å². The average Bonchev–Trinajstić information content (AvgIpc) is 2.74. The fourth-order valence-corrected chi connectivity index (χ4v) is 2.37. The lowest BCUT2D eigenvalue weighted by Crippen LogP contribution is -2.19. The minimum atomic E-state index is -0.910. The molecule has 0 saturated carbocycles. The smallest absolute Gasteiger partial charge is 0.328 e. The molecule has 1 aliphatic heterocycles. The van der Waals surface area contributed by atoms with Crippen molar-refractivity contribution >= 4 is 17.7 Å². The third-order valence-electron chi connectivity index (χ3n) is 3.45. The van der Waals surface area contributed by atoms with Gasteiger partial charge in [-0.3, -0.25) is 0 Å². The number of aliphatic carboxylic acids is 1. The first-order valence-corrected chi connectivity index (χ1v) is 6.33. The Kier molecular flexibility index (Phi) is 3.70. The molecule has 1 saturated heterocycles. The summed E-state index contributed by atoms with van der Waals surface area (Å²) in [7, 11) is 0. The number of nitrogens with zero attached hydrogens (tertiary/aromatic N) is 1. The Labute approximate surface area is 108 Å². The van der Waals surface area contributed by atoms with Crippen LogP contribution in [0.5, 0.6) is 0 Å². The van der Waals surface area contributed by atoms with Gasteiger partial charge in [-0.05, 0) is 48.6 Å². The second-order valence-corrected chi connectivity index (χ2v) is 5.05. The molecule has 0 aliphatic carbocycles. The Morgan fingerprint density at radius 2 is 2.28 bits per heavy atom. The Balaban J connectivity index is 2.17. The summed E-state index contributed by atoms with van der Waals surface area (Å²) in [6.07, 6.45) is 4.08. The number of anilines is 1. The van der Waals surface area contributed by atoms with E-state index in [4.69, 9.17) is 5.11 Å². The van der Waals surface area contributed by atoms with E-state index in [1.165, 1.54) is 18.2 Å². The van der Waals surface area contributed by atoms with Gasteiger partial charge in [0.05, 0.1) is 0 Å². The Morgan fingerprint density at radius 1 is 1.50 bits per heavy atom. The molecule has 0 spiro atoms. The first-order chi connectivity index (χ1) is 8.56. The van der Waals surface area contributed by atoms with Gasteiger partial charge in [0.15, 0.2) is 0 Å². The van der Waals surface area contributed by atoms with Crippen LogP contribution < -0.4 is 4.90 Å². The molecule has 3 heteroatoms. The van der Waals surface area contributed by atoms with E-state index in [-0.39, 0.29) is 0 Å². The quantitative estimate of drug-likeness (QED) is 0.832. The number of hydrogen-bond acceptors (Lipinski definition) is 2. The largest absolute Gasteiger partial charge is 0.478 e. The van der Waals surface area contributed by atoms with Crippen molar-refractivity contribution in [2.24, 2.45) is 5.92 Å². The van der Waals surface area contributed by atoms with Crippen LogP contribution in [0.4, 0.5) is 5.69 Å². The zero-order valence-electron chi connectivity index (χ0n) is 10.9.